The number of methoxy groups -OCH3 is 1. The normalized spacial score (nSPS) is 21.6. The van der Waals surface area contributed by atoms with Crippen LogP contribution in [0.15, 0.2) is 24.3 Å². The number of rotatable bonds is 5. The van der Waals surface area contributed by atoms with Crippen LogP contribution in [0.5, 0.6) is 0 Å². The Kier molecular flexibility index (Phi) is 8.81. The average molecular weight is 448 g/mol. The van der Waals surface area contributed by atoms with E-state index < -0.39 is 12.1 Å². The summed E-state index contributed by atoms with van der Waals surface area (Å²) in [5.74, 6) is -2.72. The zero-order chi connectivity index (χ0) is 23.1. The Balaban J connectivity index is 0.000000423. The highest BCUT2D eigenvalue weighted by molar-refractivity contribution is 5.76. The maximum atomic E-state index is 14.0. The molecule has 1 aromatic carbocycles. The number of carbonyl (C=O) groups is 2. The van der Waals surface area contributed by atoms with E-state index in [1.54, 1.807) is 13.2 Å². The SMILES string of the molecule is COCCC(=O)N1CCCC2(CCCN2Cc2ccccc2F)C1.O=C(O)C(F)(F)F. The van der Waals surface area contributed by atoms with Gasteiger partial charge < -0.3 is 14.7 Å². The number of piperidine rings is 1. The molecule has 2 aliphatic heterocycles. The lowest BCUT2D eigenvalue weighted by atomic mass is 9.86. The number of aliphatic carboxylic acids is 1. The molecule has 0 radical (unpaired) electrons. The van der Waals surface area contributed by atoms with E-state index in [1.807, 2.05) is 17.0 Å². The second-order valence-electron chi connectivity index (χ2n) is 7.81. The molecule has 1 unspecified atom stereocenters. The zero-order valence-electron chi connectivity index (χ0n) is 17.5. The first-order chi connectivity index (χ1) is 14.6. The summed E-state index contributed by atoms with van der Waals surface area (Å²) in [5, 5.41) is 7.12. The minimum atomic E-state index is -5.08. The number of alkyl halides is 3. The van der Waals surface area contributed by atoms with Crippen molar-refractivity contribution in [1.29, 1.82) is 0 Å². The highest BCUT2D eigenvalue weighted by Gasteiger charge is 2.44. The summed E-state index contributed by atoms with van der Waals surface area (Å²) in [5.41, 5.74) is 0.769. The molecule has 0 aromatic heterocycles. The minimum Gasteiger partial charge on any atom is -0.475 e. The molecule has 1 aromatic rings. The van der Waals surface area contributed by atoms with Crippen LogP contribution in [0, 0.1) is 5.82 Å². The number of amides is 1. The monoisotopic (exact) mass is 448 g/mol. The maximum absolute atomic E-state index is 14.0. The van der Waals surface area contributed by atoms with Crippen LogP contribution in [0.3, 0.4) is 0 Å². The van der Waals surface area contributed by atoms with Crippen LogP contribution in [0.1, 0.15) is 37.7 Å². The van der Waals surface area contributed by atoms with Crippen LogP contribution >= 0.6 is 0 Å². The van der Waals surface area contributed by atoms with E-state index in [-0.39, 0.29) is 17.3 Å². The average Bonchev–Trinajstić information content (AvgIpc) is 3.08. The summed E-state index contributed by atoms with van der Waals surface area (Å²) in [6, 6.07) is 7.02. The van der Waals surface area contributed by atoms with Gasteiger partial charge in [-0.3, -0.25) is 9.69 Å². The van der Waals surface area contributed by atoms with Crippen molar-refractivity contribution in [1.82, 2.24) is 9.80 Å². The Morgan fingerprint density at radius 2 is 1.77 bits per heavy atom. The number of carboxylic acid groups (broad SMARTS) is 1. The quantitative estimate of drug-likeness (QED) is 0.699. The van der Waals surface area contributed by atoms with E-state index in [9.17, 15) is 22.4 Å². The third-order valence-corrected chi connectivity index (χ3v) is 5.73. The second kappa shape index (κ2) is 10.9. The molecule has 174 valence electrons. The van der Waals surface area contributed by atoms with Crippen LogP contribution in [0.25, 0.3) is 0 Å². The molecular formula is C21H28F4N2O4. The Morgan fingerprint density at radius 1 is 1.16 bits per heavy atom. The van der Waals surface area contributed by atoms with E-state index in [0.29, 0.717) is 19.6 Å². The number of halogens is 4. The summed E-state index contributed by atoms with van der Waals surface area (Å²) in [6.45, 7) is 3.68. The van der Waals surface area contributed by atoms with Gasteiger partial charge in [-0.2, -0.15) is 13.2 Å². The van der Waals surface area contributed by atoms with Crippen LogP contribution in [0.4, 0.5) is 17.6 Å². The van der Waals surface area contributed by atoms with Gasteiger partial charge in [-0.05, 0) is 38.3 Å². The summed E-state index contributed by atoms with van der Waals surface area (Å²) in [4.78, 5) is 25.7. The van der Waals surface area contributed by atoms with Gasteiger partial charge in [-0.1, -0.05) is 18.2 Å². The number of carbonyl (C=O) groups excluding carboxylic acids is 1. The fraction of sp³-hybridized carbons (Fsp3) is 0.619. The molecule has 6 nitrogen and oxygen atoms in total. The van der Waals surface area contributed by atoms with Crippen LogP contribution in [-0.2, 0) is 20.9 Å². The topological polar surface area (TPSA) is 70.1 Å². The Morgan fingerprint density at radius 3 is 2.35 bits per heavy atom. The highest BCUT2D eigenvalue weighted by Crippen LogP contribution is 2.38. The fourth-order valence-electron chi connectivity index (χ4n) is 4.21. The third kappa shape index (κ3) is 6.90. The maximum Gasteiger partial charge on any atom is 0.490 e. The molecule has 1 amide bonds. The minimum absolute atomic E-state index is 0.0171. The van der Waals surface area contributed by atoms with Gasteiger partial charge in [0.2, 0.25) is 5.91 Å². The van der Waals surface area contributed by atoms with Crippen LogP contribution in [0.2, 0.25) is 0 Å². The van der Waals surface area contributed by atoms with Gasteiger partial charge in [-0.15, -0.1) is 0 Å². The molecule has 1 atom stereocenters. The number of carboxylic acids is 1. The van der Waals surface area contributed by atoms with E-state index in [4.69, 9.17) is 14.6 Å². The van der Waals surface area contributed by atoms with Crippen molar-refractivity contribution >= 4 is 11.9 Å². The van der Waals surface area contributed by atoms with Gasteiger partial charge in [0.05, 0.1) is 13.0 Å². The van der Waals surface area contributed by atoms with Crippen molar-refractivity contribution in [3.63, 3.8) is 0 Å². The summed E-state index contributed by atoms with van der Waals surface area (Å²) in [6.07, 6.45) is -0.314. The predicted molar refractivity (Wildman–Crippen MR) is 105 cm³/mol. The van der Waals surface area contributed by atoms with E-state index in [1.165, 1.54) is 6.07 Å². The van der Waals surface area contributed by atoms with Gasteiger partial charge in [0.15, 0.2) is 0 Å². The van der Waals surface area contributed by atoms with Crippen LogP contribution in [-0.4, -0.2) is 71.8 Å². The third-order valence-electron chi connectivity index (χ3n) is 5.73. The molecule has 31 heavy (non-hydrogen) atoms. The Labute approximate surface area is 178 Å². The standard InChI is InChI=1S/C19H27FN2O2.C2HF3O2/c1-24-13-8-18(23)21-11-4-9-19(15-21)10-5-12-22(19)14-16-6-2-3-7-17(16)20;3-2(4,5)1(6)7/h2-3,6-7H,4-5,8-15H2,1H3;(H,6,7). The largest absolute Gasteiger partial charge is 0.490 e. The number of nitrogens with zero attached hydrogens (tertiary/aromatic N) is 2. The molecule has 0 aliphatic carbocycles. The predicted octanol–water partition coefficient (Wildman–Crippen LogP) is 3.45. The first-order valence-corrected chi connectivity index (χ1v) is 10.1. The first kappa shape index (κ1) is 25.1. The van der Waals surface area contributed by atoms with E-state index in [0.717, 1.165) is 50.9 Å². The van der Waals surface area contributed by atoms with Crippen molar-refractivity contribution in [2.45, 2.75) is 50.4 Å². The smallest absolute Gasteiger partial charge is 0.475 e. The van der Waals surface area contributed by atoms with Gasteiger partial charge in [0.25, 0.3) is 0 Å². The van der Waals surface area contributed by atoms with Crippen molar-refractivity contribution in [3.8, 4) is 0 Å². The molecule has 0 saturated carbocycles. The molecule has 3 rings (SSSR count). The van der Waals surface area contributed by atoms with Crippen molar-refractivity contribution in [2.75, 3.05) is 33.4 Å². The number of hydrogen-bond donors (Lipinski definition) is 1. The highest BCUT2D eigenvalue weighted by atomic mass is 19.4. The molecular weight excluding hydrogens is 420 g/mol. The van der Waals surface area contributed by atoms with Crippen LogP contribution < -0.4 is 0 Å². The Bertz CT molecular complexity index is 759. The van der Waals surface area contributed by atoms with Gasteiger partial charge in [0, 0.05) is 37.8 Å². The lowest BCUT2D eigenvalue weighted by Crippen LogP contribution is -2.56. The molecule has 2 saturated heterocycles. The number of benzene rings is 1. The van der Waals surface area contributed by atoms with Gasteiger partial charge >= 0.3 is 12.1 Å². The summed E-state index contributed by atoms with van der Waals surface area (Å²) >= 11 is 0. The molecule has 1 N–H and O–H groups in total. The Hall–Kier alpha value is -2.20. The lowest BCUT2D eigenvalue weighted by Gasteiger charge is -2.46. The second-order valence-corrected chi connectivity index (χ2v) is 7.81. The molecule has 0 bridgehead atoms. The number of likely N-dealkylation sites (tertiary alicyclic amines) is 2. The molecule has 2 fully saturated rings. The van der Waals surface area contributed by atoms with Gasteiger partial charge in [-0.25, -0.2) is 9.18 Å². The molecule has 10 heteroatoms. The van der Waals surface area contributed by atoms with Gasteiger partial charge in [0.1, 0.15) is 5.82 Å². The summed E-state index contributed by atoms with van der Waals surface area (Å²) < 4.78 is 50.8. The van der Waals surface area contributed by atoms with E-state index in [2.05, 4.69) is 4.90 Å². The number of hydrogen-bond acceptors (Lipinski definition) is 4. The lowest BCUT2D eigenvalue weighted by molar-refractivity contribution is -0.192. The van der Waals surface area contributed by atoms with Crippen molar-refractivity contribution < 1.29 is 37.0 Å². The molecule has 1 spiro atoms. The van der Waals surface area contributed by atoms with Crippen molar-refractivity contribution in [2.24, 2.45) is 0 Å². The summed E-state index contributed by atoms with van der Waals surface area (Å²) in [7, 11) is 1.62. The molecule has 2 heterocycles. The first-order valence-electron chi connectivity index (χ1n) is 10.1. The fourth-order valence-corrected chi connectivity index (χ4v) is 4.21. The molecule has 2 aliphatic rings. The zero-order valence-corrected chi connectivity index (χ0v) is 17.5. The van der Waals surface area contributed by atoms with Crippen molar-refractivity contribution in [3.05, 3.63) is 35.6 Å². The van der Waals surface area contributed by atoms with E-state index >= 15 is 0 Å². The number of ether oxygens (including phenoxy) is 1.